The van der Waals surface area contributed by atoms with Gasteiger partial charge in [0.05, 0.1) is 16.0 Å². The summed E-state index contributed by atoms with van der Waals surface area (Å²) in [6.45, 7) is 0.893. The van der Waals surface area contributed by atoms with Gasteiger partial charge >= 0.3 is 12.4 Å². The Kier molecular flexibility index (Phi) is 6.81. The van der Waals surface area contributed by atoms with Crippen molar-refractivity contribution in [3.8, 4) is 0 Å². The van der Waals surface area contributed by atoms with E-state index in [9.17, 15) is 39.6 Å². The van der Waals surface area contributed by atoms with E-state index in [0.29, 0.717) is 6.07 Å². The number of aryl methyl sites for hydroxylation is 1. The quantitative estimate of drug-likeness (QED) is 0.604. The van der Waals surface area contributed by atoms with Gasteiger partial charge in [0, 0.05) is 24.7 Å². The van der Waals surface area contributed by atoms with Crippen molar-refractivity contribution in [3.05, 3.63) is 59.2 Å². The van der Waals surface area contributed by atoms with Crippen LogP contribution >= 0.6 is 0 Å². The smallest absolute Gasteiger partial charge is 0.326 e. The molecule has 0 atom stereocenters. The molecule has 33 heavy (non-hydrogen) atoms. The third kappa shape index (κ3) is 5.49. The molecule has 1 amide bonds. The summed E-state index contributed by atoms with van der Waals surface area (Å²) in [6, 6.07) is 7.23. The zero-order chi connectivity index (χ0) is 24.6. The highest BCUT2D eigenvalue weighted by molar-refractivity contribution is 7.89. The molecule has 0 unspecified atom stereocenters. The molecule has 1 saturated heterocycles. The number of carbonyl (C=O) groups is 1. The number of nitrogens with one attached hydrogen (secondary N) is 1. The average Bonchev–Trinajstić information content (AvgIpc) is 2.73. The fourth-order valence-corrected chi connectivity index (χ4v) is 5.35. The van der Waals surface area contributed by atoms with E-state index in [1.54, 1.807) is 0 Å². The second kappa shape index (κ2) is 8.98. The molecule has 0 aliphatic carbocycles. The lowest BCUT2D eigenvalue weighted by atomic mass is 9.97. The van der Waals surface area contributed by atoms with Crippen LogP contribution in [0.15, 0.2) is 47.4 Å². The van der Waals surface area contributed by atoms with Gasteiger partial charge in [0.1, 0.15) is 0 Å². The van der Waals surface area contributed by atoms with E-state index in [0.717, 1.165) is 22.5 Å². The highest BCUT2D eigenvalue weighted by atomic mass is 32.2. The van der Waals surface area contributed by atoms with Gasteiger partial charge in [-0.05, 0) is 49.6 Å². The van der Waals surface area contributed by atoms with Crippen LogP contribution in [0.2, 0.25) is 0 Å². The molecule has 5 nitrogen and oxygen atoms in total. The second-order valence-corrected chi connectivity index (χ2v) is 9.60. The largest absolute Gasteiger partial charge is 0.417 e. The molecule has 0 radical (unpaired) electrons. The predicted octanol–water partition coefficient (Wildman–Crippen LogP) is 5.07. The number of halogens is 6. The van der Waals surface area contributed by atoms with Crippen molar-refractivity contribution in [2.24, 2.45) is 5.92 Å². The molecule has 1 heterocycles. The molecule has 1 aliphatic heterocycles. The molecule has 180 valence electrons. The second-order valence-electron chi connectivity index (χ2n) is 7.69. The molecule has 3 rings (SSSR count). The number of benzene rings is 2. The number of carbonyl (C=O) groups excluding carboxylic acids is 1. The maximum Gasteiger partial charge on any atom is 0.417 e. The number of sulfonamides is 1. The van der Waals surface area contributed by atoms with Gasteiger partial charge in [-0.25, -0.2) is 8.42 Å². The van der Waals surface area contributed by atoms with Crippen LogP contribution < -0.4 is 5.32 Å². The Morgan fingerprint density at radius 2 is 1.52 bits per heavy atom. The maximum atomic E-state index is 13.2. The lowest BCUT2D eigenvalue weighted by Crippen LogP contribution is -2.41. The first kappa shape index (κ1) is 25.0. The average molecular weight is 494 g/mol. The van der Waals surface area contributed by atoms with Crippen molar-refractivity contribution in [2.75, 3.05) is 18.4 Å². The number of amides is 1. The Balaban J connectivity index is 1.70. The van der Waals surface area contributed by atoms with Crippen molar-refractivity contribution >= 4 is 21.6 Å². The van der Waals surface area contributed by atoms with Gasteiger partial charge in [-0.15, -0.1) is 0 Å². The van der Waals surface area contributed by atoms with Gasteiger partial charge in [0.25, 0.3) is 0 Å². The fraction of sp³-hybridized carbons (Fsp3) is 0.381. The summed E-state index contributed by atoms with van der Waals surface area (Å²) in [6.07, 6.45) is -9.42. The molecule has 0 spiro atoms. The number of piperidine rings is 1. The number of rotatable bonds is 4. The zero-order valence-corrected chi connectivity index (χ0v) is 18.1. The highest BCUT2D eigenvalue weighted by Gasteiger charge is 2.40. The minimum absolute atomic E-state index is 0.00171. The third-order valence-electron chi connectivity index (χ3n) is 5.45. The summed E-state index contributed by atoms with van der Waals surface area (Å²) in [5.41, 5.74) is -2.21. The van der Waals surface area contributed by atoms with E-state index in [4.69, 9.17) is 0 Å². The molecule has 1 fully saturated rings. The van der Waals surface area contributed by atoms with Crippen LogP contribution in [0.1, 0.15) is 29.5 Å². The lowest BCUT2D eigenvalue weighted by Gasteiger charge is -2.31. The summed E-state index contributed by atoms with van der Waals surface area (Å²) in [5.74, 6) is -1.29. The first-order valence-electron chi connectivity index (χ1n) is 9.86. The van der Waals surface area contributed by atoms with Crippen molar-refractivity contribution in [3.63, 3.8) is 0 Å². The number of hydrogen-bond acceptors (Lipinski definition) is 3. The molecular formula is C21H20F6N2O3S. The fourth-order valence-electron chi connectivity index (χ4n) is 3.67. The van der Waals surface area contributed by atoms with Crippen molar-refractivity contribution in [1.82, 2.24) is 4.31 Å². The molecule has 0 aromatic heterocycles. The van der Waals surface area contributed by atoms with E-state index >= 15 is 0 Å². The summed E-state index contributed by atoms with van der Waals surface area (Å²) >= 11 is 0. The standard InChI is InChI=1S/C21H20F6N2O3S/c1-13-6-7-15(12-17(13)21(25,26)27)28-19(30)14-8-10-29(11-9-14)33(31,32)18-5-3-2-4-16(18)20(22,23)24/h2-7,12,14H,8-11H2,1H3,(H,28,30). The Morgan fingerprint density at radius 3 is 2.09 bits per heavy atom. The van der Waals surface area contributed by atoms with E-state index in [1.807, 2.05) is 0 Å². The SMILES string of the molecule is Cc1ccc(NC(=O)C2CCN(S(=O)(=O)c3ccccc3C(F)(F)F)CC2)cc1C(F)(F)F. The molecule has 0 bridgehead atoms. The van der Waals surface area contributed by atoms with Crippen LogP contribution in [0, 0.1) is 12.8 Å². The molecule has 2 aromatic carbocycles. The topological polar surface area (TPSA) is 66.5 Å². The minimum Gasteiger partial charge on any atom is -0.326 e. The Hall–Kier alpha value is -2.60. The zero-order valence-electron chi connectivity index (χ0n) is 17.3. The molecule has 0 saturated carbocycles. The van der Waals surface area contributed by atoms with E-state index in [2.05, 4.69) is 5.32 Å². The van der Waals surface area contributed by atoms with E-state index in [-0.39, 0.29) is 37.2 Å². The minimum atomic E-state index is -4.86. The normalized spacial score (nSPS) is 16.6. The Bertz CT molecular complexity index is 1140. The van der Waals surface area contributed by atoms with Crippen LogP contribution in [0.5, 0.6) is 0 Å². The van der Waals surface area contributed by atoms with Gasteiger partial charge in [0.2, 0.25) is 15.9 Å². The van der Waals surface area contributed by atoms with E-state index in [1.165, 1.54) is 25.1 Å². The maximum absolute atomic E-state index is 13.2. The van der Waals surface area contributed by atoms with Crippen LogP contribution in [0.3, 0.4) is 0 Å². The first-order valence-corrected chi connectivity index (χ1v) is 11.3. The first-order chi connectivity index (χ1) is 15.2. The Morgan fingerprint density at radius 1 is 0.939 bits per heavy atom. The third-order valence-corrected chi connectivity index (χ3v) is 7.40. The van der Waals surface area contributed by atoms with Gasteiger partial charge in [0.15, 0.2) is 0 Å². The highest BCUT2D eigenvalue weighted by Crippen LogP contribution is 2.36. The van der Waals surface area contributed by atoms with Crippen molar-refractivity contribution in [2.45, 2.75) is 37.0 Å². The number of nitrogens with zero attached hydrogens (tertiary/aromatic N) is 1. The molecule has 2 aromatic rings. The van der Waals surface area contributed by atoms with Gasteiger partial charge in [-0.3, -0.25) is 4.79 Å². The molecule has 12 heteroatoms. The van der Waals surface area contributed by atoms with E-state index < -0.39 is 50.2 Å². The number of anilines is 1. The van der Waals surface area contributed by atoms with Crippen LogP contribution in [0.25, 0.3) is 0 Å². The van der Waals surface area contributed by atoms with Gasteiger partial charge in [-0.1, -0.05) is 18.2 Å². The lowest BCUT2D eigenvalue weighted by molar-refractivity contribution is -0.140. The molecule has 1 aliphatic rings. The predicted molar refractivity (Wildman–Crippen MR) is 108 cm³/mol. The summed E-state index contributed by atoms with van der Waals surface area (Å²) in [4.78, 5) is 11.7. The monoisotopic (exact) mass is 494 g/mol. The van der Waals surface area contributed by atoms with Gasteiger partial charge < -0.3 is 5.32 Å². The van der Waals surface area contributed by atoms with Crippen molar-refractivity contribution < 1.29 is 39.6 Å². The van der Waals surface area contributed by atoms with Crippen molar-refractivity contribution in [1.29, 1.82) is 0 Å². The summed E-state index contributed by atoms with van der Waals surface area (Å²) in [5, 5.41) is 2.41. The molecule has 1 N–H and O–H groups in total. The Labute approximate surface area is 186 Å². The number of alkyl halides is 6. The molecular weight excluding hydrogens is 474 g/mol. The van der Waals surface area contributed by atoms with Gasteiger partial charge in [-0.2, -0.15) is 30.6 Å². The van der Waals surface area contributed by atoms with Crippen LogP contribution in [0.4, 0.5) is 32.0 Å². The summed E-state index contributed by atoms with van der Waals surface area (Å²) in [7, 11) is -4.45. The van der Waals surface area contributed by atoms with Crippen LogP contribution in [-0.4, -0.2) is 31.7 Å². The summed E-state index contributed by atoms with van der Waals surface area (Å²) < 4.78 is 105. The number of hydrogen-bond donors (Lipinski definition) is 1. The van der Waals surface area contributed by atoms with Crippen LogP contribution in [-0.2, 0) is 27.2 Å².